The Balaban J connectivity index is 1.21. The van der Waals surface area contributed by atoms with E-state index in [9.17, 15) is 37.1 Å². The largest absolute Gasteiger partial charge is 0.484 e. The molecule has 3 aromatic carbocycles. The average molecular weight is 684 g/mol. The number of aromatic nitrogens is 1. The number of ether oxygens (including phenoxy) is 2. The Kier molecular flexibility index (Phi) is 8.68. The minimum Gasteiger partial charge on any atom is -0.484 e. The number of para-hydroxylation sites is 1. The second kappa shape index (κ2) is 12.7. The molecule has 1 aromatic heterocycles. The van der Waals surface area contributed by atoms with Crippen LogP contribution in [0.15, 0.2) is 82.6 Å². The molecule has 6 rings (SSSR count). The van der Waals surface area contributed by atoms with Crippen LogP contribution in [0.3, 0.4) is 0 Å². The first kappa shape index (κ1) is 32.1. The SMILES string of the molecule is CCOC(=O)c1ccc(N2C(=O)[C@H]3[C@H](c4ccc(OCC(=O)Nc5ccccc5C(F)(F)F)cc4)c4sc(=O)[nH]c4S[C@H]3C2=O)cc1. The minimum absolute atomic E-state index is 0.195. The summed E-state index contributed by atoms with van der Waals surface area (Å²) >= 11 is 2.06. The molecule has 1 saturated heterocycles. The number of halogens is 3. The van der Waals surface area contributed by atoms with E-state index in [4.69, 9.17) is 9.47 Å². The Morgan fingerprint density at radius 3 is 2.34 bits per heavy atom. The van der Waals surface area contributed by atoms with Crippen molar-refractivity contribution in [3.63, 3.8) is 0 Å². The molecule has 10 nitrogen and oxygen atoms in total. The minimum atomic E-state index is -4.65. The Hall–Kier alpha value is -4.89. The number of benzene rings is 3. The first-order valence-electron chi connectivity index (χ1n) is 14.2. The molecule has 0 spiro atoms. The lowest BCUT2D eigenvalue weighted by molar-refractivity contribution is -0.137. The topological polar surface area (TPSA) is 135 Å². The number of esters is 1. The normalized spacial score (nSPS) is 18.8. The van der Waals surface area contributed by atoms with Gasteiger partial charge in [0.2, 0.25) is 11.8 Å². The Bertz CT molecular complexity index is 1920. The highest BCUT2D eigenvalue weighted by molar-refractivity contribution is 8.00. The van der Waals surface area contributed by atoms with Gasteiger partial charge in [-0.2, -0.15) is 13.2 Å². The number of thioether (sulfide) groups is 1. The molecule has 15 heteroatoms. The zero-order valence-electron chi connectivity index (χ0n) is 24.3. The van der Waals surface area contributed by atoms with Gasteiger partial charge in [-0.1, -0.05) is 47.4 Å². The number of fused-ring (bicyclic) bond motifs is 2. The molecule has 2 N–H and O–H groups in total. The summed E-state index contributed by atoms with van der Waals surface area (Å²) in [6.45, 7) is 1.30. The van der Waals surface area contributed by atoms with Crippen molar-refractivity contribution in [1.82, 2.24) is 4.98 Å². The summed E-state index contributed by atoms with van der Waals surface area (Å²) in [6, 6.07) is 16.9. The molecule has 3 heterocycles. The number of anilines is 2. The Morgan fingerprint density at radius 2 is 1.66 bits per heavy atom. The van der Waals surface area contributed by atoms with Crippen molar-refractivity contribution < 1.29 is 41.8 Å². The summed E-state index contributed by atoms with van der Waals surface area (Å²) in [4.78, 5) is 68.5. The number of aromatic amines is 1. The number of imide groups is 1. The van der Waals surface area contributed by atoms with Crippen molar-refractivity contribution in [2.24, 2.45) is 5.92 Å². The van der Waals surface area contributed by atoms with Gasteiger partial charge in [0.05, 0.1) is 40.1 Å². The maximum atomic E-state index is 13.9. The molecule has 0 saturated carbocycles. The maximum absolute atomic E-state index is 13.9. The molecule has 0 bridgehead atoms. The molecule has 0 aliphatic carbocycles. The smallest absolute Gasteiger partial charge is 0.418 e. The number of rotatable bonds is 8. The van der Waals surface area contributed by atoms with Gasteiger partial charge >= 0.3 is 17.0 Å². The van der Waals surface area contributed by atoms with E-state index in [0.29, 0.717) is 21.2 Å². The van der Waals surface area contributed by atoms with Crippen LogP contribution in [0.4, 0.5) is 24.5 Å². The van der Waals surface area contributed by atoms with Gasteiger partial charge in [-0.3, -0.25) is 19.2 Å². The zero-order chi connectivity index (χ0) is 33.5. The quantitative estimate of drug-likeness (QED) is 0.185. The van der Waals surface area contributed by atoms with Crippen LogP contribution in [0.2, 0.25) is 0 Å². The highest BCUT2D eigenvalue weighted by Gasteiger charge is 2.56. The molecule has 3 atom stereocenters. The number of amides is 3. The third-order valence-corrected chi connectivity index (χ3v) is 9.98. The second-order valence-electron chi connectivity index (χ2n) is 10.5. The lowest BCUT2D eigenvalue weighted by atomic mass is 9.83. The van der Waals surface area contributed by atoms with Gasteiger partial charge < -0.3 is 19.8 Å². The van der Waals surface area contributed by atoms with E-state index in [1.165, 1.54) is 48.5 Å². The van der Waals surface area contributed by atoms with Crippen LogP contribution in [0.25, 0.3) is 0 Å². The number of alkyl halides is 3. The van der Waals surface area contributed by atoms with Gasteiger partial charge in [0, 0.05) is 10.8 Å². The molecular weight excluding hydrogens is 659 g/mol. The van der Waals surface area contributed by atoms with Gasteiger partial charge in [0.15, 0.2) is 6.61 Å². The standard InChI is InChI=1S/C32H24F3N3O7S2/c1-2-44-30(42)17-7-11-18(12-8-17)38-28(40)24-23(25-27(37-31(43)47-25)46-26(24)29(38)41)16-9-13-19(14-10-16)45-15-22(39)36-21-6-4-3-5-20(21)32(33,34)35/h3-14,23-24,26H,2,15H2,1H3,(H,36,39)(H,37,43)/t23-,24-,26+/m0/s1. The van der Waals surface area contributed by atoms with Crippen molar-refractivity contribution >= 4 is 58.2 Å². The first-order chi connectivity index (χ1) is 22.5. The Morgan fingerprint density at radius 1 is 0.957 bits per heavy atom. The summed E-state index contributed by atoms with van der Waals surface area (Å²) < 4.78 is 50.3. The Labute approximate surface area is 272 Å². The van der Waals surface area contributed by atoms with Gasteiger partial charge in [-0.15, -0.1) is 0 Å². The summed E-state index contributed by atoms with van der Waals surface area (Å²) in [5.41, 5.74) is -0.216. The fourth-order valence-corrected chi connectivity index (χ4v) is 8.05. The molecule has 4 aromatic rings. The molecule has 47 heavy (non-hydrogen) atoms. The number of nitrogens with zero attached hydrogens (tertiary/aromatic N) is 1. The maximum Gasteiger partial charge on any atom is 0.418 e. The lowest BCUT2D eigenvalue weighted by Crippen LogP contribution is -2.32. The van der Waals surface area contributed by atoms with E-state index in [0.717, 1.165) is 40.1 Å². The van der Waals surface area contributed by atoms with Crippen LogP contribution in [0.1, 0.15) is 39.2 Å². The number of carbonyl (C=O) groups excluding carboxylic acids is 4. The molecule has 3 amide bonds. The number of hydrogen-bond donors (Lipinski definition) is 2. The van der Waals surface area contributed by atoms with Gasteiger partial charge in [0.1, 0.15) is 11.0 Å². The fraction of sp³-hybridized carbons (Fsp3) is 0.219. The van der Waals surface area contributed by atoms with Crippen LogP contribution >= 0.6 is 23.1 Å². The average Bonchev–Trinajstić information content (AvgIpc) is 3.54. The van der Waals surface area contributed by atoms with E-state index >= 15 is 0 Å². The summed E-state index contributed by atoms with van der Waals surface area (Å²) in [5.74, 6) is -3.56. The first-order valence-corrected chi connectivity index (χ1v) is 15.9. The second-order valence-corrected chi connectivity index (χ2v) is 12.6. The summed E-state index contributed by atoms with van der Waals surface area (Å²) in [5, 5.41) is 1.86. The van der Waals surface area contributed by atoms with Crippen LogP contribution in [-0.2, 0) is 25.3 Å². The molecule has 0 unspecified atom stereocenters. The molecular formula is C32H24F3N3O7S2. The fourth-order valence-electron chi connectivity index (χ4n) is 5.54. The molecule has 2 aliphatic rings. The van der Waals surface area contributed by atoms with Crippen LogP contribution in [0, 0.1) is 5.92 Å². The van der Waals surface area contributed by atoms with E-state index in [1.807, 2.05) is 0 Å². The van der Waals surface area contributed by atoms with Gasteiger partial charge in [0.25, 0.3) is 5.91 Å². The zero-order valence-corrected chi connectivity index (χ0v) is 26.0. The van der Waals surface area contributed by atoms with Crippen molar-refractivity contribution in [1.29, 1.82) is 0 Å². The molecule has 242 valence electrons. The molecule has 2 aliphatic heterocycles. The van der Waals surface area contributed by atoms with Crippen molar-refractivity contribution in [3.8, 4) is 5.75 Å². The third-order valence-electron chi connectivity index (χ3n) is 7.58. The number of nitrogens with one attached hydrogen (secondary N) is 2. The number of carbonyl (C=O) groups is 4. The lowest BCUT2D eigenvalue weighted by Gasteiger charge is -2.29. The van der Waals surface area contributed by atoms with E-state index in [2.05, 4.69) is 10.3 Å². The molecule has 0 radical (unpaired) electrons. The van der Waals surface area contributed by atoms with Crippen LogP contribution < -0.4 is 19.8 Å². The highest BCUT2D eigenvalue weighted by atomic mass is 32.2. The van der Waals surface area contributed by atoms with Crippen LogP contribution in [-0.4, -0.2) is 47.1 Å². The van der Waals surface area contributed by atoms with Crippen molar-refractivity contribution in [2.75, 3.05) is 23.4 Å². The van der Waals surface area contributed by atoms with E-state index < -0.39 is 64.8 Å². The van der Waals surface area contributed by atoms with E-state index in [-0.39, 0.29) is 22.8 Å². The third kappa shape index (κ3) is 6.27. The van der Waals surface area contributed by atoms with Crippen LogP contribution in [0.5, 0.6) is 5.75 Å². The number of hydrogen-bond acceptors (Lipinski definition) is 9. The van der Waals surface area contributed by atoms with Crippen molar-refractivity contribution in [2.45, 2.75) is 29.3 Å². The van der Waals surface area contributed by atoms with Gasteiger partial charge in [-0.25, -0.2) is 9.69 Å². The van der Waals surface area contributed by atoms with Gasteiger partial charge in [-0.05, 0) is 61.0 Å². The molecule has 1 fully saturated rings. The predicted molar refractivity (Wildman–Crippen MR) is 167 cm³/mol. The predicted octanol–water partition coefficient (Wildman–Crippen LogP) is 5.45. The number of H-pyrrole nitrogens is 1. The summed E-state index contributed by atoms with van der Waals surface area (Å²) in [6.07, 6.45) is -4.65. The summed E-state index contributed by atoms with van der Waals surface area (Å²) in [7, 11) is 0. The monoisotopic (exact) mass is 683 g/mol. The highest BCUT2D eigenvalue weighted by Crippen LogP contribution is 2.53. The van der Waals surface area contributed by atoms with Crippen molar-refractivity contribution in [3.05, 3.63) is 104 Å². The number of thiazole rings is 1. The van der Waals surface area contributed by atoms with E-state index in [1.54, 1.807) is 19.1 Å².